The van der Waals surface area contributed by atoms with Crippen molar-refractivity contribution in [2.24, 2.45) is 0 Å². The summed E-state index contributed by atoms with van der Waals surface area (Å²) in [5.41, 5.74) is 3.47. The molecule has 2 aromatic rings. The van der Waals surface area contributed by atoms with E-state index in [0.717, 1.165) is 16.7 Å². The zero-order chi connectivity index (χ0) is 14.0. The summed E-state index contributed by atoms with van der Waals surface area (Å²) >= 11 is 0. The number of aromatic nitrogens is 2. The molecule has 1 aromatic carbocycles. The Morgan fingerprint density at radius 2 is 1.89 bits per heavy atom. The lowest BCUT2D eigenvalue weighted by Gasteiger charge is -2.17. The molecule has 1 aromatic heterocycles. The second-order valence-corrected chi connectivity index (χ2v) is 4.56. The van der Waals surface area contributed by atoms with Gasteiger partial charge in [-0.3, -0.25) is 0 Å². The Labute approximate surface area is 113 Å². The van der Waals surface area contributed by atoms with E-state index in [9.17, 15) is 5.11 Å². The van der Waals surface area contributed by atoms with Gasteiger partial charge in [-0.15, -0.1) is 0 Å². The summed E-state index contributed by atoms with van der Waals surface area (Å²) in [7, 11) is 1.61. The van der Waals surface area contributed by atoms with Crippen LogP contribution in [0.25, 0.3) is 0 Å². The summed E-state index contributed by atoms with van der Waals surface area (Å²) < 4.78 is 5.43. The molecule has 0 bridgehead atoms. The van der Waals surface area contributed by atoms with Gasteiger partial charge in [-0.05, 0) is 38.0 Å². The largest absolute Gasteiger partial charge is 0.496 e. The van der Waals surface area contributed by atoms with Crippen molar-refractivity contribution < 1.29 is 9.84 Å². The van der Waals surface area contributed by atoms with Crippen molar-refractivity contribution in [3.05, 3.63) is 52.6 Å². The predicted molar refractivity (Wildman–Crippen MR) is 73.3 cm³/mol. The maximum Gasteiger partial charge on any atom is 0.128 e. The Bertz CT molecular complexity index is 597. The van der Waals surface area contributed by atoms with E-state index in [-0.39, 0.29) is 0 Å². The smallest absolute Gasteiger partial charge is 0.128 e. The first-order chi connectivity index (χ1) is 9.04. The van der Waals surface area contributed by atoms with Crippen molar-refractivity contribution in [2.75, 3.05) is 7.11 Å². The SMILES string of the molecule is COc1c(C(O)c2ccnc(C)n2)ccc(C)c1C. The van der Waals surface area contributed by atoms with Crippen molar-refractivity contribution in [2.45, 2.75) is 26.9 Å². The first kappa shape index (κ1) is 13.5. The number of nitrogens with zero attached hydrogens (tertiary/aromatic N) is 2. The molecule has 4 heteroatoms. The number of methoxy groups -OCH3 is 1. The van der Waals surface area contributed by atoms with Gasteiger partial charge in [0.25, 0.3) is 0 Å². The molecule has 0 spiro atoms. The monoisotopic (exact) mass is 258 g/mol. The number of hydrogen-bond acceptors (Lipinski definition) is 4. The molecule has 0 radical (unpaired) electrons. The van der Waals surface area contributed by atoms with E-state index >= 15 is 0 Å². The molecule has 0 aliphatic rings. The third-order valence-electron chi connectivity index (χ3n) is 3.28. The van der Waals surface area contributed by atoms with Crippen LogP contribution in [0.2, 0.25) is 0 Å². The molecule has 0 aliphatic heterocycles. The molecular weight excluding hydrogens is 240 g/mol. The van der Waals surface area contributed by atoms with E-state index in [2.05, 4.69) is 9.97 Å². The number of benzene rings is 1. The van der Waals surface area contributed by atoms with Crippen LogP contribution < -0.4 is 4.74 Å². The summed E-state index contributed by atoms with van der Waals surface area (Å²) in [5.74, 6) is 1.35. The van der Waals surface area contributed by atoms with Crippen LogP contribution in [0.15, 0.2) is 24.4 Å². The van der Waals surface area contributed by atoms with Gasteiger partial charge in [0.05, 0.1) is 12.8 Å². The van der Waals surface area contributed by atoms with Gasteiger partial charge in [0, 0.05) is 11.8 Å². The number of rotatable bonds is 3. The maximum atomic E-state index is 10.5. The molecule has 1 heterocycles. The highest BCUT2D eigenvalue weighted by Crippen LogP contribution is 2.33. The molecule has 0 saturated heterocycles. The quantitative estimate of drug-likeness (QED) is 0.919. The van der Waals surface area contributed by atoms with E-state index in [4.69, 9.17) is 4.74 Å². The Morgan fingerprint density at radius 3 is 2.53 bits per heavy atom. The number of aliphatic hydroxyl groups excluding tert-OH is 1. The molecule has 4 nitrogen and oxygen atoms in total. The second kappa shape index (κ2) is 5.36. The van der Waals surface area contributed by atoms with E-state index in [1.807, 2.05) is 26.0 Å². The van der Waals surface area contributed by atoms with Crippen molar-refractivity contribution in [1.29, 1.82) is 0 Å². The molecule has 0 amide bonds. The van der Waals surface area contributed by atoms with Crippen LogP contribution >= 0.6 is 0 Å². The topological polar surface area (TPSA) is 55.2 Å². The van der Waals surface area contributed by atoms with Crippen molar-refractivity contribution in [3.8, 4) is 5.75 Å². The van der Waals surface area contributed by atoms with Crippen LogP contribution in [0.1, 0.15) is 34.3 Å². The average molecular weight is 258 g/mol. The Kier molecular flexibility index (Phi) is 3.81. The lowest BCUT2D eigenvalue weighted by molar-refractivity contribution is 0.209. The second-order valence-electron chi connectivity index (χ2n) is 4.56. The Hall–Kier alpha value is -1.94. The standard InChI is InChI=1S/C15H18N2O2/c1-9-5-6-12(15(19-4)10(9)2)14(18)13-7-8-16-11(3)17-13/h5-8,14,18H,1-4H3. The fourth-order valence-electron chi connectivity index (χ4n) is 2.08. The van der Waals surface area contributed by atoms with Gasteiger partial charge in [-0.1, -0.05) is 12.1 Å². The summed E-state index contributed by atoms with van der Waals surface area (Å²) in [6.07, 6.45) is 0.838. The lowest BCUT2D eigenvalue weighted by atomic mass is 9.99. The van der Waals surface area contributed by atoms with Gasteiger partial charge >= 0.3 is 0 Å². The Morgan fingerprint density at radius 1 is 1.16 bits per heavy atom. The molecule has 1 unspecified atom stereocenters. The highest BCUT2D eigenvalue weighted by atomic mass is 16.5. The summed E-state index contributed by atoms with van der Waals surface area (Å²) in [4.78, 5) is 8.30. The zero-order valence-corrected chi connectivity index (χ0v) is 11.6. The average Bonchev–Trinajstić information content (AvgIpc) is 2.41. The van der Waals surface area contributed by atoms with E-state index < -0.39 is 6.10 Å². The first-order valence-electron chi connectivity index (χ1n) is 6.16. The van der Waals surface area contributed by atoms with Crippen LogP contribution in [0, 0.1) is 20.8 Å². The summed E-state index contributed by atoms with van der Waals surface area (Å²) in [6.45, 7) is 5.80. The highest BCUT2D eigenvalue weighted by molar-refractivity contribution is 5.48. The number of aryl methyl sites for hydroxylation is 2. The molecule has 0 saturated carbocycles. The fraction of sp³-hybridized carbons (Fsp3) is 0.333. The van der Waals surface area contributed by atoms with Gasteiger partial charge in [-0.25, -0.2) is 9.97 Å². The minimum absolute atomic E-state index is 0.578. The molecule has 0 fully saturated rings. The third-order valence-corrected chi connectivity index (χ3v) is 3.28. The van der Waals surface area contributed by atoms with Gasteiger partial charge in [0.2, 0.25) is 0 Å². The predicted octanol–water partition coefficient (Wildman–Crippen LogP) is 2.49. The molecule has 100 valence electrons. The molecule has 1 atom stereocenters. The maximum absolute atomic E-state index is 10.5. The van der Waals surface area contributed by atoms with Crippen LogP contribution in [0.3, 0.4) is 0 Å². The number of ether oxygens (including phenoxy) is 1. The normalized spacial score (nSPS) is 12.3. The van der Waals surface area contributed by atoms with E-state index in [0.29, 0.717) is 17.3 Å². The fourth-order valence-corrected chi connectivity index (χ4v) is 2.08. The van der Waals surface area contributed by atoms with Crippen molar-refractivity contribution in [1.82, 2.24) is 9.97 Å². The molecule has 1 N–H and O–H groups in total. The van der Waals surface area contributed by atoms with Crippen molar-refractivity contribution >= 4 is 0 Å². The van der Waals surface area contributed by atoms with Gasteiger partial charge < -0.3 is 9.84 Å². The van der Waals surface area contributed by atoms with Gasteiger partial charge in [-0.2, -0.15) is 0 Å². The third kappa shape index (κ3) is 2.58. The van der Waals surface area contributed by atoms with Crippen LogP contribution in [0.4, 0.5) is 0 Å². The summed E-state index contributed by atoms with van der Waals surface area (Å²) in [5, 5.41) is 10.5. The molecular formula is C15H18N2O2. The van der Waals surface area contributed by atoms with Crippen LogP contribution in [0.5, 0.6) is 5.75 Å². The minimum atomic E-state index is -0.809. The molecule has 2 rings (SSSR count). The van der Waals surface area contributed by atoms with Gasteiger partial charge in [0.15, 0.2) is 0 Å². The zero-order valence-electron chi connectivity index (χ0n) is 11.6. The first-order valence-corrected chi connectivity index (χ1v) is 6.16. The lowest BCUT2D eigenvalue weighted by Crippen LogP contribution is -2.07. The van der Waals surface area contributed by atoms with Gasteiger partial charge in [0.1, 0.15) is 17.7 Å². The molecule has 0 aliphatic carbocycles. The van der Waals surface area contributed by atoms with E-state index in [1.165, 1.54) is 0 Å². The number of aliphatic hydroxyl groups is 1. The van der Waals surface area contributed by atoms with Crippen LogP contribution in [-0.2, 0) is 0 Å². The molecule has 19 heavy (non-hydrogen) atoms. The van der Waals surface area contributed by atoms with Crippen molar-refractivity contribution in [3.63, 3.8) is 0 Å². The Balaban J connectivity index is 2.50. The highest BCUT2D eigenvalue weighted by Gasteiger charge is 2.19. The number of hydrogen-bond donors (Lipinski definition) is 1. The summed E-state index contributed by atoms with van der Waals surface area (Å²) in [6, 6.07) is 5.57. The van der Waals surface area contributed by atoms with E-state index in [1.54, 1.807) is 26.3 Å². The minimum Gasteiger partial charge on any atom is -0.496 e. The van der Waals surface area contributed by atoms with Crippen LogP contribution in [-0.4, -0.2) is 22.2 Å².